The molecule has 1 saturated carbocycles. The van der Waals surface area contributed by atoms with Gasteiger partial charge in [0.05, 0.1) is 6.10 Å². The molecule has 0 heterocycles. The summed E-state index contributed by atoms with van der Waals surface area (Å²) in [5, 5.41) is 3.47. The smallest absolute Gasteiger partial charge is 0.111 e. The fourth-order valence-corrected chi connectivity index (χ4v) is 2.94. The molecule has 0 radical (unpaired) electrons. The second-order valence-electron chi connectivity index (χ2n) is 6.94. The Balaban J connectivity index is 2.35. The fourth-order valence-electron chi connectivity index (χ4n) is 2.94. The Kier molecular flexibility index (Phi) is 7.09. The van der Waals surface area contributed by atoms with Gasteiger partial charge in [0.1, 0.15) is 6.23 Å². The molecule has 112 valence electrons. The third kappa shape index (κ3) is 6.09. The van der Waals surface area contributed by atoms with Crippen molar-refractivity contribution in [3.8, 4) is 0 Å². The molecule has 19 heavy (non-hydrogen) atoms. The molecule has 0 aromatic rings. The molecule has 0 amide bonds. The minimum atomic E-state index is 0.161. The van der Waals surface area contributed by atoms with E-state index in [9.17, 15) is 0 Å². The van der Waals surface area contributed by atoms with Crippen LogP contribution in [0.15, 0.2) is 12.7 Å². The van der Waals surface area contributed by atoms with E-state index in [4.69, 9.17) is 4.74 Å². The van der Waals surface area contributed by atoms with Crippen LogP contribution < -0.4 is 5.32 Å². The van der Waals surface area contributed by atoms with Crippen molar-refractivity contribution in [2.24, 2.45) is 11.3 Å². The van der Waals surface area contributed by atoms with E-state index in [0.717, 1.165) is 25.3 Å². The predicted molar refractivity (Wildman–Crippen MR) is 83.2 cm³/mol. The molecule has 2 heteroatoms. The molecule has 1 N–H and O–H groups in total. The minimum absolute atomic E-state index is 0.161. The first-order chi connectivity index (χ1) is 8.97. The molecule has 1 unspecified atom stereocenters. The van der Waals surface area contributed by atoms with Gasteiger partial charge >= 0.3 is 0 Å². The predicted octanol–water partition coefficient (Wildman–Crippen LogP) is 4.51. The standard InChI is InChI=1S/C17H33NO/c1-6-8-16(18-13-7-2)19-15-11-9-14(10-12-15)17(3,4)5/h6,14-16,18H,1,7-13H2,2-5H3. The highest BCUT2D eigenvalue weighted by atomic mass is 16.5. The van der Waals surface area contributed by atoms with Crippen LogP contribution in [-0.4, -0.2) is 18.9 Å². The second kappa shape index (κ2) is 8.06. The van der Waals surface area contributed by atoms with Gasteiger partial charge in [0.2, 0.25) is 0 Å². The number of hydrogen-bond donors (Lipinski definition) is 1. The maximum absolute atomic E-state index is 6.21. The van der Waals surface area contributed by atoms with Gasteiger partial charge in [-0.15, -0.1) is 6.58 Å². The average Bonchev–Trinajstić information content (AvgIpc) is 2.36. The summed E-state index contributed by atoms with van der Waals surface area (Å²) >= 11 is 0. The highest BCUT2D eigenvalue weighted by molar-refractivity contribution is 4.82. The lowest BCUT2D eigenvalue weighted by Gasteiger charge is -2.38. The van der Waals surface area contributed by atoms with E-state index < -0.39 is 0 Å². The van der Waals surface area contributed by atoms with Gasteiger partial charge < -0.3 is 4.74 Å². The van der Waals surface area contributed by atoms with E-state index >= 15 is 0 Å². The summed E-state index contributed by atoms with van der Waals surface area (Å²) in [4.78, 5) is 0. The summed E-state index contributed by atoms with van der Waals surface area (Å²) in [5.41, 5.74) is 0.450. The van der Waals surface area contributed by atoms with Crippen molar-refractivity contribution in [2.75, 3.05) is 6.54 Å². The van der Waals surface area contributed by atoms with Crippen molar-refractivity contribution in [3.05, 3.63) is 12.7 Å². The maximum Gasteiger partial charge on any atom is 0.111 e. The van der Waals surface area contributed by atoms with Crippen LogP contribution >= 0.6 is 0 Å². The van der Waals surface area contributed by atoms with Crippen molar-refractivity contribution in [2.45, 2.75) is 78.6 Å². The van der Waals surface area contributed by atoms with E-state index in [1.165, 1.54) is 25.7 Å². The van der Waals surface area contributed by atoms with Gasteiger partial charge in [0.25, 0.3) is 0 Å². The average molecular weight is 267 g/mol. The zero-order chi connectivity index (χ0) is 14.3. The molecule has 1 fully saturated rings. The molecule has 1 atom stereocenters. The van der Waals surface area contributed by atoms with Gasteiger partial charge in [0.15, 0.2) is 0 Å². The largest absolute Gasteiger partial charge is 0.360 e. The van der Waals surface area contributed by atoms with Crippen molar-refractivity contribution >= 4 is 0 Å². The van der Waals surface area contributed by atoms with Crippen LogP contribution in [0.5, 0.6) is 0 Å². The highest BCUT2D eigenvalue weighted by Gasteiger charge is 2.30. The third-order valence-corrected chi connectivity index (χ3v) is 4.26. The van der Waals surface area contributed by atoms with Crippen molar-refractivity contribution in [1.82, 2.24) is 5.32 Å². The molecule has 0 aromatic heterocycles. The number of hydrogen-bond acceptors (Lipinski definition) is 2. The Morgan fingerprint density at radius 3 is 2.37 bits per heavy atom. The van der Waals surface area contributed by atoms with Crippen LogP contribution in [0.1, 0.15) is 66.2 Å². The first-order valence-corrected chi connectivity index (χ1v) is 7.97. The monoisotopic (exact) mass is 267 g/mol. The van der Waals surface area contributed by atoms with Crippen LogP contribution in [-0.2, 0) is 4.74 Å². The number of ether oxygens (including phenoxy) is 1. The Labute approximate surface area is 120 Å². The first-order valence-electron chi connectivity index (χ1n) is 7.97. The van der Waals surface area contributed by atoms with E-state index in [0.29, 0.717) is 11.5 Å². The lowest BCUT2D eigenvalue weighted by molar-refractivity contribution is -0.0566. The lowest BCUT2D eigenvalue weighted by atomic mass is 9.72. The summed E-state index contributed by atoms with van der Waals surface area (Å²) in [6.45, 7) is 14.1. The van der Waals surface area contributed by atoms with E-state index in [2.05, 4.69) is 39.6 Å². The SMILES string of the molecule is C=CCC(NCCC)OC1CCC(C(C)(C)C)CC1. The van der Waals surface area contributed by atoms with Crippen molar-refractivity contribution in [1.29, 1.82) is 0 Å². The molecule has 1 rings (SSSR count). The summed E-state index contributed by atoms with van der Waals surface area (Å²) < 4.78 is 6.21. The van der Waals surface area contributed by atoms with Crippen LogP contribution in [0.2, 0.25) is 0 Å². The summed E-state index contributed by atoms with van der Waals surface area (Å²) in [6, 6.07) is 0. The molecule has 0 aliphatic heterocycles. The molecular weight excluding hydrogens is 234 g/mol. The highest BCUT2D eigenvalue weighted by Crippen LogP contribution is 2.38. The first kappa shape index (κ1) is 16.7. The summed E-state index contributed by atoms with van der Waals surface area (Å²) in [6.07, 6.45) is 9.64. The molecular formula is C17H33NO. The summed E-state index contributed by atoms with van der Waals surface area (Å²) in [7, 11) is 0. The van der Waals surface area contributed by atoms with E-state index in [1.807, 2.05) is 6.08 Å². The van der Waals surface area contributed by atoms with Gasteiger partial charge in [-0.25, -0.2) is 0 Å². The minimum Gasteiger partial charge on any atom is -0.360 e. The molecule has 0 spiro atoms. The number of rotatable bonds is 7. The van der Waals surface area contributed by atoms with Crippen LogP contribution in [0.4, 0.5) is 0 Å². The van der Waals surface area contributed by atoms with Crippen LogP contribution in [0.3, 0.4) is 0 Å². The number of nitrogens with one attached hydrogen (secondary N) is 1. The zero-order valence-corrected chi connectivity index (χ0v) is 13.4. The molecule has 1 aliphatic rings. The van der Waals surface area contributed by atoms with Gasteiger partial charge in [-0.1, -0.05) is 33.8 Å². The lowest BCUT2D eigenvalue weighted by Crippen LogP contribution is -2.38. The Morgan fingerprint density at radius 2 is 1.89 bits per heavy atom. The molecule has 2 nitrogen and oxygen atoms in total. The zero-order valence-electron chi connectivity index (χ0n) is 13.4. The van der Waals surface area contributed by atoms with Crippen molar-refractivity contribution < 1.29 is 4.74 Å². The van der Waals surface area contributed by atoms with Crippen LogP contribution in [0.25, 0.3) is 0 Å². The van der Waals surface area contributed by atoms with Crippen molar-refractivity contribution in [3.63, 3.8) is 0 Å². The van der Waals surface area contributed by atoms with Gasteiger partial charge in [0, 0.05) is 6.42 Å². The van der Waals surface area contributed by atoms with E-state index in [-0.39, 0.29) is 6.23 Å². The Morgan fingerprint density at radius 1 is 1.26 bits per heavy atom. The van der Waals surface area contributed by atoms with Gasteiger partial charge in [-0.3, -0.25) is 5.32 Å². The van der Waals surface area contributed by atoms with Gasteiger partial charge in [-0.2, -0.15) is 0 Å². The molecule has 0 saturated heterocycles. The topological polar surface area (TPSA) is 21.3 Å². The Hall–Kier alpha value is -0.340. The normalized spacial score (nSPS) is 26.1. The second-order valence-corrected chi connectivity index (χ2v) is 6.94. The third-order valence-electron chi connectivity index (χ3n) is 4.26. The molecule has 1 aliphatic carbocycles. The summed E-state index contributed by atoms with van der Waals surface area (Å²) in [5.74, 6) is 0.855. The quantitative estimate of drug-likeness (QED) is 0.541. The van der Waals surface area contributed by atoms with E-state index in [1.54, 1.807) is 0 Å². The maximum atomic E-state index is 6.21. The van der Waals surface area contributed by atoms with Gasteiger partial charge in [-0.05, 0) is 50.0 Å². The molecule has 0 bridgehead atoms. The fraction of sp³-hybridized carbons (Fsp3) is 0.882. The Bertz CT molecular complexity index is 248. The molecule has 0 aromatic carbocycles. The van der Waals surface area contributed by atoms with Crippen LogP contribution in [0, 0.1) is 11.3 Å².